The first-order chi connectivity index (χ1) is 13.2. The lowest BCUT2D eigenvalue weighted by Crippen LogP contribution is -2.33. The second kappa shape index (κ2) is 7.84. The van der Waals surface area contributed by atoms with Crippen molar-refractivity contribution in [2.24, 2.45) is 0 Å². The van der Waals surface area contributed by atoms with Crippen molar-refractivity contribution in [1.29, 1.82) is 0 Å². The first-order valence-corrected chi connectivity index (χ1v) is 9.06. The molecule has 1 fully saturated rings. The second-order valence-electron chi connectivity index (χ2n) is 6.62. The molecule has 1 aromatic carbocycles. The van der Waals surface area contributed by atoms with Crippen LogP contribution in [0.25, 0.3) is 11.5 Å². The van der Waals surface area contributed by atoms with Crippen LogP contribution in [-0.4, -0.2) is 33.7 Å². The van der Waals surface area contributed by atoms with Gasteiger partial charge in [0.25, 0.3) is 5.89 Å². The average Bonchev–Trinajstić information content (AvgIpc) is 3.19. The van der Waals surface area contributed by atoms with Gasteiger partial charge in [-0.1, -0.05) is 24.6 Å². The number of halogens is 1. The van der Waals surface area contributed by atoms with Crippen LogP contribution in [0.2, 0.25) is 0 Å². The van der Waals surface area contributed by atoms with Crippen molar-refractivity contribution in [3.63, 3.8) is 0 Å². The number of nitrogens with zero attached hydrogens (tertiary/aromatic N) is 4. The molecule has 27 heavy (non-hydrogen) atoms. The van der Waals surface area contributed by atoms with Crippen LogP contribution in [0.1, 0.15) is 36.8 Å². The molecule has 1 aliphatic heterocycles. The van der Waals surface area contributed by atoms with Gasteiger partial charge in [0.15, 0.2) is 0 Å². The van der Waals surface area contributed by atoms with Crippen molar-refractivity contribution in [2.45, 2.75) is 31.8 Å². The van der Waals surface area contributed by atoms with E-state index in [9.17, 15) is 4.39 Å². The number of hydrogen-bond acceptors (Lipinski definition) is 6. The molecule has 3 heterocycles. The number of pyridine rings is 1. The van der Waals surface area contributed by atoms with Crippen LogP contribution in [0.4, 0.5) is 4.39 Å². The Morgan fingerprint density at radius 3 is 2.85 bits per heavy atom. The molecule has 7 heteroatoms. The number of ether oxygens (including phenoxy) is 1. The van der Waals surface area contributed by atoms with Crippen molar-refractivity contribution in [3.05, 3.63) is 59.9 Å². The molecular formula is C20H21FN4O2. The average molecular weight is 368 g/mol. The lowest BCUT2D eigenvalue weighted by atomic mass is 10.0. The summed E-state index contributed by atoms with van der Waals surface area (Å²) >= 11 is 0. The molecule has 0 saturated carbocycles. The highest BCUT2D eigenvalue weighted by molar-refractivity contribution is 5.53. The quantitative estimate of drug-likeness (QED) is 0.678. The SMILES string of the molecule is COc1ccc(CN2CCCCC2c2nnc(-c3ccccc3F)o2)cn1. The highest BCUT2D eigenvalue weighted by Gasteiger charge is 2.29. The van der Waals surface area contributed by atoms with Crippen molar-refractivity contribution in [2.75, 3.05) is 13.7 Å². The molecule has 0 aliphatic carbocycles. The molecule has 2 aromatic heterocycles. The van der Waals surface area contributed by atoms with Crippen molar-refractivity contribution < 1.29 is 13.5 Å². The maximum Gasteiger partial charge on any atom is 0.250 e. The van der Waals surface area contributed by atoms with E-state index in [2.05, 4.69) is 20.1 Å². The van der Waals surface area contributed by atoms with Gasteiger partial charge in [-0.25, -0.2) is 9.37 Å². The zero-order chi connectivity index (χ0) is 18.6. The summed E-state index contributed by atoms with van der Waals surface area (Å²) in [6.45, 7) is 1.67. The first-order valence-electron chi connectivity index (χ1n) is 9.06. The van der Waals surface area contributed by atoms with E-state index in [4.69, 9.17) is 9.15 Å². The molecule has 1 unspecified atom stereocenters. The minimum atomic E-state index is -0.363. The summed E-state index contributed by atoms with van der Waals surface area (Å²) in [4.78, 5) is 6.58. The van der Waals surface area contributed by atoms with E-state index in [1.807, 2.05) is 18.3 Å². The fraction of sp³-hybridized carbons (Fsp3) is 0.350. The molecule has 4 rings (SSSR count). The van der Waals surface area contributed by atoms with Crippen LogP contribution in [-0.2, 0) is 6.54 Å². The smallest absolute Gasteiger partial charge is 0.250 e. The van der Waals surface area contributed by atoms with Crippen LogP contribution < -0.4 is 4.74 Å². The fourth-order valence-corrected chi connectivity index (χ4v) is 3.43. The van der Waals surface area contributed by atoms with Crippen molar-refractivity contribution >= 4 is 0 Å². The zero-order valence-electron chi connectivity index (χ0n) is 15.1. The Balaban J connectivity index is 1.55. The summed E-state index contributed by atoms with van der Waals surface area (Å²) in [7, 11) is 1.60. The number of hydrogen-bond donors (Lipinski definition) is 0. The van der Waals surface area contributed by atoms with Gasteiger partial charge >= 0.3 is 0 Å². The topological polar surface area (TPSA) is 64.3 Å². The molecule has 6 nitrogen and oxygen atoms in total. The maximum absolute atomic E-state index is 14.0. The lowest BCUT2D eigenvalue weighted by Gasteiger charge is -2.33. The van der Waals surface area contributed by atoms with Gasteiger partial charge in [-0.15, -0.1) is 10.2 Å². The highest BCUT2D eigenvalue weighted by atomic mass is 19.1. The van der Waals surface area contributed by atoms with E-state index < -0.39 is 0 Å². The van der Waals surface area contributed by atoms with Crippen LogP contribution >= 0.6 is 0 Å². The molecule has 3 aromatic rings. The molecule has 0 bridgehead atoms. The summed E-state index contributed by atoms with van der Waals surface area (Å²) in [6, 6.07) is 10.3. The predicted octanol–water partition coefficient (Wildman–Crippen LogP) is 4.01. The van der Waals surface area contributed by atoms with Crippen LogP contribution in [0.3, 0.4) is 0 Å². The highest BCUT2D eigenvalue weighted by Crippen LogP contribution is 2.33. The Kier molecular flexibility index (Phi) is 5.11. The van der Waals surface area contributed by atoms with Crippen LogP contribution in [0, 0.1) is 5.82 Å². The molecule has 1 atom stereocenters. The minimum absolute atomic E-state index is 0.0221. The molecule has 1 aliphatic rings. The molecule has 0 spiro atoms. The second-order valence-corrected chi connectivity index (χ2v) is 6.62. The van der Waals surface area contributed by atoms with E-state index in [1.54, 1.807) is 25.3 Å². The molecule has 140 valence electrons. The summed E-state index contributed by atoms with van der Waals surface area (Å²) in [6.07, 6.45) is 4.97. The molecule has 1 saturated heterocycles. The largest absolute Gasteiger partial charge is 0.481 e. The standard InChI is InChI=1S/C20H21FN4O2/c1-26-18-10-9-14(12-22-18)13-25-11-5-4-8-17(25)20-24-23-19(27-20)15-6-2-3-7-16(15)21/h2-3,6-7,9-10,12,17H,4-5,8,11,13H2,1H3. The Bertz CT molecular complexity index is 897. The van der Waals surface area contributed by atoms with Gasteiger partial charge in [0.2, 0.25) is 11.8 Å². The lowest BCUT2D eigenvalue weighted by molar-refractivity contribution is 0.118. The maximum atomic E-state index is 14.0. The van der Waals surface area contributed by atoms with E-state index in [-0.39, 0.29) is 17.7 Å². The molecule has 0 radical (unpaired) electrons. The Morgan fingerprint density at radius 1 is 1.19 bits per heavy atom. The van der Waals surface area contributed by atoms with Crippen molar-refractivity contribution in [1.82, 2.24) is 20.1 Å². The van der Waals surface area contributed by atoms with E-state index >= 15 is 0 Å². The number of benzene rings is 1. The minimum Gasteiger partial charge on any atom is -0.481 e. The third kappa shape index (κ3) is 3.83. The number of likely N-dealkylation sites (tertiary alicyclic amines) is 1. The van der Waals surface area contributed by atoms with Gasteiger partial charge in [-0.05, 0) is 37.1 Å². The summed E-state index contributed by atoms with van der Waals surface area (Å²) in [5.41, 5.74) is 1.43. The van der Waals surface area contributed by atoms with Crippen LogP contribution in [0.5, 0.6) is 5.88 Å². The number of aromatic nitrogens is 3. The molecule has 0 amide bonds. The van der Waals surface area contributed by atoms with E-state index in [0.717, 1.165) is 37.9 Å². The summed E-state index contributed by atoms with van der Waals surface area (Å²) in [5.74, 6) is 0.993. The monoisotopic (exact) mass is 368 g/mol. The van der Waals surface area contributed by atoms with Gasteiger partial charge in [-0.3, -0.25) is 4.90 Å². The molecular weight excluding hydrogens is 347 g/mol. The van der Waals surface area contributed by atoms with Crippen LogP contribution in [0.15, 0.2) is 47.0 Å². The predicted molar refractivity (Wildman–Crippen MR) is 97.5 cm³/mol. The number of rotatable bonds is 5. The number of methoxy groups -OCH3 is 1. The Hall–Kier alpha value is -2.80. The van der Waals surface area contributed by atoms with Gasteiger partial charge in [0.1, 0.15) is 5.82 Å². The van der Waals surface area contributed by atoms with E-state index in [1.165, 1.54) is 6.07 Å². The summed E-state index contributed by atoms with van der Waals surface area (Å²) in [5, 5.41) is 8.29. The molecule has 0 N–H and O–H groups in total. The Labute approximate surface area is 157 Å². The summed E-state index contributed by atoms with van der Waals surface area (Å²) < 4.78 is 25.0. The fourth-order valence-electron chi connectivity index (χ4n) is 3.43. The third-order valence-corrected chi connectivity index (χ3v) is 4.84. The van der Waals surface area contributed by atoms with Crippen molar-refractivity contribution in [3.8, 4) is 17.3 Å². The number of piperidine rings is 1. The van der Waals surface area contributed by atoms with Gasteiger partial charge in [0, 0.05) is 18.8 Å². The van der Waals surface area contributed by atoms with Gasteiger partial charge < -0.3 is 9.15 Å². The Morgan fingerprint density at radius 2 is 2.07 bits per heavy atom. The van der Waals surface area contributed by atoms with E-state index in [0.29, 0.717) is 17.3 Å². The third-order valence-electron chi connectivity index (χ3n) is 4.84. The van der Waals surface area contributed by atoms with Gasteiger partial charge in [-0.2, -0.15) is 0 Å². The van der Waals surface area contributed by atoms with Gasteiger partial charge in [0.05, 0.1) is 18.7 Å². The zero-order valence-corrected chi connectivity index (χ0v) is 15.1. The first kappa shape index (κ1) is 17.6. The normalized spacial score (nSPS) is 17.8.